The summed E-state index contributed by atoms with van der Waals surface area (Å²) < 4.78 is 6.17. The minimum absolute atomic E-state index is 0. The number of nitrogens with zero attached hydrogens (tertiary/aromatic N) is 16. The molecule has 1 atom stereocenters. The van der Waals surface area contributed by atoms with Crippen molar-refractivity contribution >= 4 is 92.0 Å². The zero-order chi connectivity index (χ0) is 65.5. The third-order valence-corrected chi connectivity index (χ3v) is 15.7. The van der Waals surface area contributed by atoms with Crippen LogP contribution < -0.4 is 39.2 Å². The molecular formula is C78H70Ir2N16O-6. The Kier molecular flexibility index (Phi) is 21.5. The molecule has 12 aromatic rings. The van der Waals surface area contributed by atoms with Crippen LogP contribution in [0.5, 0.6) is 0 Å². The second-order valence-corrected chi connectivity index (χ2v) is 23.3. The molecule has 16 rings (SSSR count). The van der Waals surface area contributed by atoms with Crippen LogP contribution in [0.2, 0.25) is 0 Å². The predicted octanol–water partition coefficient (Wildman–Crippen LogP) is 17.6. The van der Waals surface area contributed by atoms with Crippen LogP contribution in [0.4, 0.5) is 92.0 Å². The van der Waals surface area contributed by atoms with Crippen molar-refractivity contribution in [3.8, 4) is 0 Å². The average Bonchev–Trinajstić information content (AvgIpc) is 1.62. The zero-order valence-corrected chi connectivity index (χ0v) is 59.9. The Morgan fingerprint density at radius 2 is 0.649 bits per heavy atom. The fourth-order valence-electron chi connectivity index (χ4n) is 12.1. The minimum Gasteiger partial charge on any atom is -0.477 e. The first-order valence-corrected chi connectivity index (χ1v) is 31.4. The number of anilines is 16. The number of ether oxygens (including phenoxy) is 1. The molecule has 4 aliphatic heterocycles. The molecule has 492 valence electrons. The SMILES string of the molecule is CCOC1N(c2ccccc2)c2nccnc2N1c1cc(C)cc(C)c1.Cc1[c-]c(N2[CH-]N(c3ccccc3)c3nccnc32)cc(C)c1.Cc1cc(C)cc(N2[CH-]N(c3[c-]cccc3)c3nccnc32)c1.Cc1cc(C)cc(N2[CH-]N(c3[c-]cccc3)c3nccnc32)c1.[Ir].[Ir]. The molecule has 17 nitrogen and oxygen atoms in total. The van der Waals surface area contributed by atoms with Gasteiger partial charge in [-0.15, -0.1) is 43.1 Å². The number of benzene rings is 8. The number of hydrogen-bond donors (Lipinski definition) is 0. The molecule has 0 bridgehead atoms. The molecule has 4 aliphatic rings. The van der Waals surface area contributed by atoms with Gasteiger partial charge in [0.15, 0.2) is 11.6 Å². The summed E-state index contributed by atoms with van der Waals surface area (Å²) >= 11 is 0. The first kappa shape index (κ1) is 68.1. The van der Waals surface area contributed by atoms with Crippen LogP contribution in [-0.2, 0) is 44.9 Å². The summed E-state index contributed by atoms with van der Waals surface area (Å²) in [6.07, 6.45) is 13.4. The van der Waals surface area contributed by atoms with E-state index in [0.717, 1.165) is 97.6 Å². The van der Waals surface area contributed by atoms with Crippen molar-refractivity contribution in [1.82, 2.24) is 39.9 Å². The van der Waals surface area contributed by atoms with Crippen LogP contribution in [0.1, 0.15) is 51.4 Å². The van der Waals surface area contributed by atoms with Gasteiger partial charge in [0.2, 0.25) is 6.35 Å². The van der Waals surface area contributed by atoms with Gasteiger partial charge in [0.05, 0.1) is 0 Å². The smallest absolute Gasteiger partial charge is 0.221 e. The fraction of sp³-hybridized carbons (Fsp3) is 0.141. The second-order valence-electron chi connectivity index (χ2n) is 23.3. The van der Waals surface area contributed by atoms with Gasteiger partial charge in [-0.3, -0.25) is 9.80 Å². The van der Waals surface area contributed by atoms with Crippen molar-refractivity contribution in [3.63, 3.8) is 0 Å². The van der Waals surface area contributed by atoms with E-state index in [0.29, 0.717) is 6.61 Å². The van der Waals surface area contributed by atoms with Crippen LogP contribution in [0.15, 0.2) is 225 Å². The summed E-state index contributed by atoms with van der Waals surface area (Å²) in [5.41, 5.74) is 17.8. The van der Waals surface area contributed by atoms with Gasteiger partial charge < -0.3 is 34.1 Å². The van der Waals surface area contributed by atoms with Gasteiger partial charge in [-0.25, -0.2) is 39.9 Å². The van der Waals surface area contributed by atoms with E-state index in [-0.39, 0.29) is 46.6 Å². The van der Waals surface area contributed by atoms with Gasteiger partial charge in [0, 0.05) is 125 Å². The number of aryl methyl sites for hydroxylation is 8. The van der Waals surface area contributed by atoms with E-state index in [1.54, 1.807) is 49.6 Å². The maximum atomic E-state index is 6.17. The van der Waals surface area contributed by atoms with Crippen molar-refractivity contribution in [1.29, 1.82) is 0 Å². The molecule has 0 saturated carbocycles. The first-order chi connectivity index (χ1) is 46.3. The van der Waals surface area contributed by atoms with Gasteiger partial charge in [0.25, 0.3) is 0 Å². The van der Waals surface area contributed by atoms with Gasteiger partial charge in [-0.2, -0.15) is 83.9 Å². The molecule has 2 radical (unpaired) electrons. The first-order valence-electron chi connectivity index (χ1n) is 31.4. The van der Waals surface area contributed by atoms with Crippen molar-refractivity contribution in [2.45, 2.75) is 68.7 Å². The number of aromatic nitrogens is 8. The van der Waals surface area contributed by atoms with E-state index in [1.165, 1.54) is 38.9 Å². The predicted molar refractivity (Wildman–Crippen MR) is 379 cm³/mol. The molecule has 8 aromatic carbocycles. The Morgan fingerprint density at radius 3 is 1.02 bits per heavy atom. The summed E-state index contributed by atoms with van der Waals surface area (Å²) in [6.45, 7) is 25.4. The average molecular weight is 1630 g/mol. The van der Waals surface area contributed by atoms with Gasteiger partial charge in [-0.05, 0) is 143 Å². The molecule has 97 heavy (non-hydrogen) atoms. The van der Waals surface area contributed by atoms with Crippen LogP contribution in [0.25, 0.3) is 0 Å². The largest absolute Gasteiger partial charge is 0.477 e. The van der Waals surface area contributed by atoms with E-state index in [4.69, 9.17) is 4.74 Å². The maximum absolute atomic E-state index is 6.17. The number of hydrogen-bond acceptors (Lipinski definition) is 17. The van der Waals surface area contributed by atoms with Gasteiger partial charge in [0.1, 0.15) is 34.9 Å². The molecule has 19 heteroatoms. The van der Waals surface area contributed by atoms with E-state index in [1.807, 2.05) is 131 Å². The Labute approximate surface area is 595 Å². The van der Waals surface area contributed by atoms with Crippen molar-refractivity contribution in [2.75, 3.05) is 45.8 Å². The topological polar surface area (TPSA) is 138 Å². The third-order valence-electron chi connectivity index (χ3n) is 15.7. The third kappa shape index (κ3) is 14.9. The molecule has 1 unspecified atom stereocenters. The summed E-state index contributed by atoms with van der Waals surface area (Å²) in [5.74, 6) is 6.53. The summed E-state index contributed by atoms with van der Waals surface area (Å²) in [6, 6.07) is 69.6. The maximum Gasteiger partial charge on any atom is 0.221 e. The van der Waals surface area contributed by atoms with E-state index >= 15 is 0 Å². The second kappa shape index (κ2) is 30.6. The quantitative estimate of drug-likeness (QED) is 0.120. The number of rotatable bonds is 10. The van der Waals surface area contributed by atoms with Crippen LogP contribution >= 0.6 is 0 Å². The molecule has 0 saturated heterocycles. The molecule has 0 spiro atoms. The van der Waals surface area contributed by atoms with Crippen LogP contribution in [-0.4, -0.2) is 52.8 Å². The molecule has 0 fully saturated rings. The van der Waals surface area contributed by atoms with E-state index < -0.39 is 0 Å². The van der Waals surface area contributed by atoms with Crippen molar-refractivity contribution < 1.29 is 44.9 Å². The summed E-state index contributed by atoms with van der Waals surface area (Å²) in [5, 5.41) is 0. The fourth-order valence-corrected chi connectivity index (χ4v) is 12.1. The van der Waals surface area contributed by atoms with E-state index in [9.17, 15) is 0 Å². The monoisotopic (exact) mass is 1630 g/mol. The molecule has 0 aliphatic carbocycles. The van der Waals surface area contributed by atoms with Crippen LogP contribution in [0.3, 0.4) is 0 Å². The van der Waals surface area contributed by atoms with Crippen molar-refractivity contribution in [2.24, 2.45) is 0 Å². The molecular weight excluding hydrogens is 1560 g/mol. The number of fused-ring (bicyclic) bond motifs is 4. The molecule has 4 aromatic heterocycles. The Balaban J connectivity index is 0.000000130. The summed E-state index contributed by atoms with van der Waals surface area (Å²) in [7, 11) is 0. The summed E-state index contributed by atoms with van der Waals surface area (Å²) in [4.78, 5) is 52.8. The minimum atomic E-state index is -0.332. The van der Waals surface area contributed by atoms with Gasteiger partial charge >= 0.3 is 0 Å². The van der Waals surface area contributed by atoms with Gasteiger partial charge in [-0.1, -0.05) is 68.4 Å². The normalized spacial score (nSPS) is 13.8. The standard InChI is InChI=1S/C21H22N4O.3C19H16N4.2Ir/c1-4-26-21-24(17-8-6-5-7-9-17)19-20(23-11-10-22-19)25(21)18-13-15(2)12-16(3)14-18;3*1-14-10-15(2)12-17(11-14)23-13-22(16-6-4-3-5-7-16)18-19(23)21-9-8-20-18;;/h5-14,21H,4H2,1-3H3;2*3-6,8-13H,1-2H3;3-11,13H,1-2H3;;/q;3*-2;;. The Bertz CT molecular complexity index is 4210. The molecule has 8 heterocycles. The Hall–Kier alpha value is -10.3. The van der Waals surface area contributed by atoms with E-state index in [2.05, 4.69) is 224 Å². The Morgan fingerprint density at radius 1 is 0.330 bits per heavy atom. The van der Waals surface area contributed by atoms with Crippen LogP contribution in [0, 0.1) is 93.6 Å². The number of para-hydroxylation sites is 4. The van der Waals surface area contributed by atoms with Crippen molar-refractivity contribution in [3.05, 3.63) is 308 Å². The molecule has 0 amide bonds. The molecule has 0 N–H and O–H groups in total. The zero-order valence-electron chi connectivity index (χ0n) is 55.1.